The molecule has 4 heteroatoms. The molecule has 0 saturated carbocycles. The van der Waals surface area contributed by atoms with E-state index in [-0.39, 0.29) is 0 Å². The van der Waals surface area contributed by atoms with Crippen molar-refractivity contribution >= 4 is 57.3 Å². The number of hydrogen-bond acceptors (Lipinski definition) is 2. The van der Waals surface area contributed by atoms with Crippen LogP contribution in [0.1, 0.15) is 0 Å². The quantitative estimate of drug-likeness (QED) is 0.437. The van der Waals surface area contributed by atoms with E-state index in [2.05, 4.69) is 45.0 Å². The molecule has 0 atom stereocenters. The summed E-state index contributed by atoms with van der Waals surface area (Å²) in [6, 6.07) is 5.54. The minimum Gasteiger partial charge on any atom is -0.193 e. The third kappa shape index (κ3) is 2.52. The second-order valence-electron chi connectivity index (χ2n) is 1.80. The molecule has 0 bridgehead atoms. The third-order valence-electron chi connectivity index (χ3n) is 1.07. The summed E-state index contributed by atoms with van der Waals surface area (Å²) in [5.74, 6) is 0. The number of halogens is 2. The van der Waals surface area contributed by atoms with Gasteiger partial charge in [-0.05, 0) is 53.0 Å². The zero-order valence-corrected chi connectivity index (χ0v) is 9.07. The number of hydrogen-bond donors (Lipinski definition) is 0. The van der Waals surface area contributed by atoms with Crippen LogP contribution in [0.5, 0.6) is 0 Å². The van der Waals surface area contributed by atoms with E-state index in [1.807, 2.05) is 12.1 Å². The lowest BCUT2D eigenvalue weighted by Gasteiger charge is -1.95. The van der Waals surface area contributed by atoms with Crippen molar-refractivity contribution in [3.8, 4) is 0 Å². The Labute approximate surface area is 88.6 Å². The lowest BCUT2D eigenvalue weighted by molar-refractivity contribution is 1.52. The van der Waals surface area contributed by atoms with E-state index in [9.17, 15) is 0 Å². The molecule has 1 aromatic rings. The minimum absolute atomic E-state index is 0.600. The molecule has 0 spiro atoms. The Morgan fingerprint density at radius 3 is 2.91 bits per heavy atom. The first-order chi connectivity index (χ1) is 5.24. The minimum atomic E-state index is 0.600. The molecule has 1 nitrogen and oxygen atoms in total. The van der Waals surface area contributed by atoms with Gasteiger partial charge < -0.3 is 0 Å². The molecule has 0 aliphatic heterocycles. The highest BCUT2D eigenvalue weighted by molar-refractivity contribution is 14.1. The van der Waals surface area contributed by atoms with Gasteiger partial charge in [0.25, 0.3) is 0 Å². The van der Waals surface area contributed by atoms with E-state index in [1.54, 1.807) is 6.07 Å². The van der Waals surface area contributed by atoms with E-state index in [1.165, 1.54) is 0 Å². The normalized spacial score (nSPS) is 8.91. The molecular weight excluding hydrogens is 293 g/mol. The maximum atomic E-state index is 5.79. The summed E-state index contributed by atoms with van der Waals surface area (Å²) in [6.45, 7) is 0. The van der Waals surface area contributed by atoms with Gasteiger partial charge in [-0.3, -0.25) is 0 Å². The van der Waals surface area contributed by atoms with Crippen LogP contribution in [0.15, 0.2) is 23.2 Å². The monoisotopic (exact) mass is 295 g/mol. The van der Waals surface area contributed by atoms with E-state index < -0.39 is 0 Å². The average molecular weight is 296 g/mol. The van der Waals surface area contributed by atoms with Gasteiger partial charge in [0.15, 0.2) is 0 Å². The summed E-state index contributed by atoms with van der Waals surface area (Å²) < 4.78 is 1.08. The van der Waals surface area contributed by atoms with Crippen LogP contribution in [-0.2, 0) is 0 Å². The Morgan fingerprint density at radius 1 is 1.55 bits per heavy atom. The zero-order valence-electron chi connectivity index (χ0n) is 5.34. The Kier molecular flexibility index (Phi) is 3.45. The number of isothiocyanates is 1. The maximum absolute atomic E-state index is 5.79. The average Bonchev–Trinajstić information content (AvgIpc) is 1.98. The Morgan fingerprint density at radius 2 is 2.27 bits per heavy atom. The van der Waals surface area contributed by atoms with Gasteiger partial charge in [-0.1, -0.05) is 11.6 Å². The van der Waals surface area contributed by atoms with Crippen molar-refractivity contribution < 1.29 is 0 Å². The van der Waals surface area contributed by atoms with Gasteiger partial charge in [0.1, 0.15) is 0 Å². The zero-order chi connectivity index (χ0) is 8.27. The fraction of sp³-hybridized carbons (Fsp3) is 0. The van der Waals surface area contributed by atoms with Crippen LogP contribution in [0.2, 0.25) is 5.02 Å². The number of nitrogens with zero attached hydrogens (tertiary/aromatic N) is 1. The molecule has 1 rings (SSSR count). The van der Waals surface area contributed by atoms with Crippen molar-refractivity contribution in [3.05, 3.63) is 26.8 Å². The van der Waals surface area contributed by atoms with Crippen molar-refractivity contribution in [2.45, 2.75) is 0 Å². The van der Waals surface area contributed by atoms with Crippen molar-refractivity contribution in [2.75, 3.05) is 0 Å². The van der Waals surface area contributed by atoms with Crippen LogP contribution in [-0.4, -0.2) is 5.16 Å². The van der Waals surface area contributed by atoms with Crippen LogP contribution in [0, 0.1) is 3.57 Å². The highest BCUT2D eigenvalue weighted by Crippen LogP contribution is 2.25. The largest absolute Gasteiger partial charge is 0.193 e. The van der Waals surface area contributed by atoms with Gasteiger partial charge in [-0.2, -0.15) is 4.99 Å². The van der Waals surface area contributed by atoms with Gasteiger partial charge in [0.05, 0.1) is 15.9 Å². The number of benzene rings is 1. The second kappa shape index (κ2) is 4.16. The molecule has 0 amide bonds. The molecule has 0 aromatic heterocycles. The highest BCUT2D eigenvalue weighted by atomic mass is 127. The number of rotatable bonds is 1. The Hall–Kier alpha value is 0.0400. The molecule has 0 aliphatic carbocycles. The van der Waals surface area contributed by atoms with Gasteiger partial charge >= 0.3 is 0 Å². The predicted molar refractivity (Wildman–Crippen MR) is 58.9 cm³/mol. The van der Waals surface area contributed by atoms with Gasteiger partial charge in [0, 0.05) is 3.57 Å². The lowest BCUT2D eigenvalue weighted by atomic mass is 10.3. The molecule has 56 valence electrons. The van der Waals surface area contributed by atoms with Gasteiger partial charge in [-0.25, -0.2) is 0 Å². The van der Waals surface area contributed by atoms with E-state index in [0.29, 0.717) is 10.7 Å². The standard InChI is InChI=1S/C7H3ClINS/c8-6-2-1-5(9)3-7(6)10-4-11/h1-3H. The molecule has 0 aliphatic rings. The molecule has 0 fully saturated rings. The molecule has 1 aromatic carbocycles. The smallest absolute Gasteiger partial charge is 0.0936 e. The van der Waals surface area contributed by atoms with E-state index in [4.69, 9.17) is 11.6 Å². The summed E-state index contributed by atoms with van der Waals surface area (Å²) >= 11 is 12.4. The first kappa shape index (κ1) is 9.13. The van der Waals surface area contributed by atoms with Gasteiger partial charge in [0.2, 0.25) is 0 Å². The van der Waals surface area contributed by atoms with Crippen LogP contribution in [0.4, 0.5) is 5.69 Å². The summed E-state index contributed by atoms with van der Waals surface area (Å²) in [7, 11) is 0. The predicted octanol–water partition coefficient (Wildman–Crippen LogP) is 3.68. The highest BCUT2D eigenvalue weighted by Gasteiger charge is 1.96. The summed E-state index contributed by atoms with van der Waals surface area (Å²) in [5.41, 5.74) is 0.675. The van der Waals surface area contributed by atoms with Crippen molar-refractivity contribution in [1.29, 1.82) is 0 Å². The van der Waals surface area contributed by atoms with Gasteiger partial charge in [-0.15, -0.1) is 0 Å². The molecule has 0 heterocycles. The maximum Gasteiger partial charge on any atom is 0.0936 e. The van der Waals surface area contributed by atoms with Crippen LogP contribution in [0.3, 0.4) is 0 Å². The topological polar surface area (TPSA) is 12.4 Å². The van der Waals surface area contributed by atoms with Crippen LogP contribution >= 0.6 is 46.4 Å². The number of thiocarbonyl (C=S) groups is 1. The van der Waals surface area contributed by atoms with Crippen LogP contribution < -0.4 is 0 Å². The van der Waals surface area contributed by atoms with Crippen molar-refractivity contribution in [2.24, 2.45) is 4.99 Å². The first-order valence-corrected chi connectivity index (χ1v) is 4.63. The second-order valence-corrected chi connectivity index (χ2v) is 3.63. The third-order valence-corrected chi connectivity index (χ3v) is 2.16. The molecule has 0 saturated heterocycles. The van der Waals surface area contributed by atoms with E-state index >= 15 is 0 Å². The van der Waals surface area contributed by atoms with Crippen molar-refractivity contribution in [1.82, 2.24) is 0 Å². The summed E-state index contributed by atoms with van der Waals surface area (Å²) in [4.78, 5) is 3.80. The molecule has 0 radical (unpaired) electrons. The first-order valence-electron chi connectivity index (χ1n) is 2.77. The summed E-state index contributed by atoms with van der Waals surface area (Å²) in [6.07, 6.45) is 0. The molecule has 11 heavy (non-hydrogen) atoms. The lowest BCUT2D eigenvalue weighted by Crippen LogP contribution is -1.70. The SMILES string of the molecule is S=C=Nc1cc(I)ccc1Cl. The molecule has 0 N–H and O–H groups in total. The Bertz CT molecular complexity index is 320. The van der Waals surface area contributed by atoms with E-state index in [0.717, 1.165) is 3.57 Å². The fourth-order valence-corrected chi connectivity index (χ4v) is 1.35. The fourth-order valence-electron chi connectivity index (χ4n) is 0.621. The molecule has 0 unspecified atom stereocenters. The molecular formula is C7H3ClINS. The number of aliphatic imine (C=N–C) groups is 1. The van der Waals surface area contributed by atoms with Crippen molar-refractivity contribution in [3.63, 3.8) is 0 Å². The summed E-state index contributed by atoms with van der Waals surface area (Å²) in [5, 5.41) is 2.87. The Balaban J connectivity index is 3.22. The van der Waals surface area contributed by atoms with Crippen LogP contribution in [0.25, 0.3) is 0 Å².